The summed E-state index contributed by atoms with van der Waals surface area (Å²) in [5.41, 5.74) is 1.26. The van der Waals surface area contributed by atoms with Crippen LogP contribution in [0, 0.1) is 17.6 Å². The van der Waals surface area contributed by atoms with Crippen molar-refractivity contribution in [3.05, 3.63) is 57.5 Å². The summed E-state index contributed by atoms with van der Waals surface area (Å²) < 4.78 is 27.5. The van der Waals surface area contributed by atoms with E-state index in [1.54, 1.807) is 0 Å². The molecule has 1 atom stereocenters. The van der Waals surface area contributed by atoms with E-state index in [4.69, 9.17) is 0 Å². The second kappa shape index (κ2) is 6.51. The Morgan fingerprint density at radius 2 is 2.17 bits per heavy atom. The van der Waals surface area contributed by atoms with Crippen LogP contribution in [0.25, 0.3) is 0 Å². The van der Waals surface area contributed by atoms with Crippen LogP contribution in [0.4, 0.5) is 14.5 Å². The highest BCUT2D eigenvalue weighted by atomic mass is 19.1. The third kappa shape index (κ3) is 3.50. The zero-order valence-electron chi connectivity index (χ0n) is 13.2. The molecule has 0 saturated heterocycles. The smallest absolute Gasteiger partial charge is 0.267 e. The van der Waals surface area contributed by atoms with Gasteiger partial charge in [0.15, 0.2) is 0 Å². The first-order valence-corrected chi connectivity index (χ1v) is 7.77. The molecule has 0 saturated carbocycles. The molecule has 1 aliphatic carbocycles. The van der Waals surface area contributed by atoms with E-state index in [0.717, 1.165) is 47.3 Å². The van der Waals surface area contributed by atoms with E-state index >= 15 is 0 Å². The standard InChI is InChI=1S/C17H17F2N3O2/c1-10-2-4-14-11(6-10)7-17(24)22(21-14)9-16(23)20-15-5-3-12(18)8-13(15)19/h3,5,7-8,10H,2,4,6,9H2,1H3,(H,20,23)/t10-/m1/s1. The van der Waals surface area contributed by atoms with Crippen LogP contribution in [-0.4, -0.2) is 15.7 Å². The van der Waals surface area contributed by atoms with Crippen molar-refractivity contribution in [3.63, 3.8) is 0 Å². The summed E-state index contributed by atoms with van der Waals surface area (Å²) in [5.74, 6) is -1.69. The molecular formula is C17H17F2N3O2. The lowest BCUT2D eigenvalue weighted by Gasteiger charge is -2.20. The maximum absolute atomic E-state index is 13.6. The van der Waals surface area contributed by atoms with E-state index in [1.807, 2.05) is 0 Å². The van der Waals surface area contributed by atoms with E-state index in [1.165, 1.54) is 6.07 Å². The first-order chi connectivity index (χ1) is 11.4. The zero-order chi connectivity index (χ0) is 17.3. The number of nitrogens with one attached hydrogen (secondary N) is 1. The monoisotopic (exact) mass is 333 g/mol. The minimum absolute atomic E-state index is 0.138. The molecule has 0 unspecified atom stereocenters. The summed E-state index contributed by atoms with van der Waals surface area (Å²) in [7, 11) is 0. The number of amides is 1. The Morgan fingerprint density at radius 3 is 2.92 bits per heavy atom. The Balaban J connectivity index is 1.76. The van der Waals surface area contributed by atoms with Crippen LogP contribution in [0.2, 0.25) is 0 Å². The molecule has 1 aromatic heterocycles. The number of halogens is 2. The summed E-state index contributed by atoms with van der Waals surface area (Å²) in [5, 5.41) is 6.57. The first kappa shape index (κ1) is 16.3. The lowest BCUT2D eigenvalue weighted by atomic mass is 9.88. The minimum atomic E-state index is -0.872. The number of anilines is 1. The molecule has 1 N–H and O–H groups in total. The molecule has 0 bridgehead atoms. The molecule has 0 radical (unpaired) electrons. The zero-order valence-corrected chi connectivity index (χ0v) is 13.2. The number of carbonyl (C=O) groups excluding carboxylic acids is 1. The molecule has 1 aliphatic rings. The Kier molecular flexibility index (Phi) is 4.42. The predicted octanol–water partition coefficient (Wildman–Crippen LogP) is 2.29. The van der Waals surface area contributed by atoms with Crippen molar-refractivity contribution in [1.29, 1.82) is 0 Å². The van der Waals surface area contributed by atoms with Gasteiger partial charge in [-0.05, 0) is 42.9 Å². The maximum Gasteiger partial charge on any atom is 0.267 e. The molecule has 5 nitrogen and oxygen atoms in total. The van der Waals surface area contributed by atoms with E-state index in [-0.39, 0.29) is 17.8 Å². The van der Waals surface area contributed by atoms with Gasteiger partial charge in [0.2, 0.25) is 5.91 Å². The maximum atomic E-state index is 13.6. The van der Waals surface area contributed by atoms with Gasteiger partial charge in [0.25, 0.3) is 5.56 Å². The lowest BCUT2D eigenvalue weighted by molar-refractivity contribution is -0.117. The van der Waals surface area contributed by atoms with Gasteiger partial charge in [-0.2, -0.15) is 5.10 Å². The van der Waals surface area contributed by atoms with Gasteiger partial charge in [-0.1, -0.05) is 6.92 Å². The van der Waals surface area contributed by atoms with Crippen LogP contribution >= 0.6 is 0 Å². The van der Waals surface area contributed by atoms with Crippen LogP contribution < -0.4 is 10.9 Å². The normalized spacial score (nSPS) is 16.5. The van der Waals surface area contributed by atoms with E-state index in [2.05, 4.69) is 17.3 Å². The van der Waals surface area contributed by atoms with Gasteiger partial charge in [0, 0.05) is 12.1 Å². The Hall–Kier alpha value is -2.57. The summed E-state index contributed by atoms with van der Waals surface area (Å²) in [4.78, 5) is 24.1. The number of nitrogens with zero attached hydrogens (tertiary/aromatic N) is 2. The summed E-state index contributed by atoms with van der Waals surface area (Å²) in [6.45, 7) is 1.80. The number of benzene rings is 1. The quantitative estimate of drug-likeness (QED) is 0.937. The highest BCUT2D eigenvalue weighted by molar-refractivity contribution is 5.90. The lowest BCUT2D eigenvalue weighted by Crippen LogP contribution is -2.32. The molecule has 126 valence electrons. The number of aryl methyl sites for hydroxylation is 1. The summed E-state index contributed by atoms with van der Waals surface area (Å²) in [6, 6.07) is 4.38. The van der Waals surface area contributed by atoms with E-state index < -0.39 is 17.5 Å². The average Bonchev–Trinajstić information content (AvgIpc) is 2.51. The van der Waals surface area contributed by atoms with Gasteiger partial charge in [-0.15, -0.1) is 0 Å². The highest BCUT2D eigenvalue weighted by Gasteiger charge is 2.19. The van der Waals surface area contributed by atoms with Gasteiger partial charge in [0.05, 0.1) is 11.4 Å². The highest BCUT2D eigenvalue weighted by Crippen LogP contribution is 2.22. The summed E-state index contributed by atoms with van der Waals surface area (Å²) >= 11 is 0. The Bertz CT molecular complexity index is 848. The van der Waals surface area contributed by atoms with Crippen LogP contribution in [0.3, 0.4) is 0 Å². The molecule has 0 aliphatic heterocycles. The van der Waals surface area contributed by atoms with Crippen LogP contribution in [-0.2, 0) is 24.2 Å². The number of fused-ring (bicyclic) bond motifs is 1. The average molecular weight is 333 g/mol. The van der Waals surface area contributed by atoms with Gasteiger partial charge in [0.1, 0.15) is 18.2 Å². The van der Waals surface area contributed by atoms with E-state index in [9.17, 15) is 18.4 Å². The molecule has 0 fully saturated rings. The molecule has 0 spiro atoms. The third-order valence-electron chi connectivity index (χ3n) is 4.11. The van der Waals surface area contributed by atoms with Gasteiger partial charge >= 0.3 is 0 Å². The minimum Gasteiger partial charge on any atom is -0.322 e. The number of aromatic nitrogens is 2. The van der Waals surface area contributed by atoms with Crippen LogP contribution in [0.5, 0.6) is 0 Å². The second-order valence-corrected chi connectivity index (χ2v) is 6.13. The fraction of sp³-hybridized carbons (Fsp3) is 0.353. The van der Waals surface area contributed by atoms with Crippen molar-refractivity contribution in [1.82, 2.24) is 9.78 Å². The van der Waals surface area contributed by atoms with Crippen molar-refractivity contribution in [2.45, 2.75) is 32.7 Å². The Morgan fingerprint density at radius 1 is 1.38 bits per heavy atom. The largest absolute Gasteiger partial charge is 0.322 e. The topological polar surface area (TPSA) is 64.0 Å². The predicted molar refractivity (Wildman–Crippen MR) is 84.7 cm³/mol. The number of rotatable bonds is 3. The SMILES string of the molecule is C[C@@H]1CCc2nn(CC(=O)Nc3ccc(F)cc3F)c(=O)cc2C1. The molecule has 7 heteroatoms. The number of hydrogen-bond donors (Lipinski definition) is 1. The van der Waals surface area contributed by atoms with Crippen molar-refractivity contribution in [2.24, 2.45) is 5.92 Å². The molecule has 3 rings (SSSR count). The first-order valence-electron chi connectivity index (χ1n) is 7.77. The molecule has 1 aromatic carbocycles. The third-order valence-corrected chi connectivity index (χ3v) is 4.11. The van der Waals surface area contributed by atoms with Gasteiger partial charge in [-0.3, -0.25) is 9.59 Å². The van der Waals surface area contributed by atoms with Crippen molar-refractivity contribution in [2.75, 3.05) is 5.32 Å². The molecule has 1 heterocycles. The second-order valence-electron chi connectivity index (χ2n) is 6.13. The number of carbonyl (C=O) groups is 1. The Labute approximate surface area is 137 Å². The van der Waals surface area contributed by atoms with Gasteiger partial charge < -0.3 is 5.32 Å². The number of hydrogen-bond acceptors (Lipinski definition) is 3. The van der Waals surface area contributed by atoms with Crippen molar-refractivity contribution >= 4 is 11.6 Å². The molecule has 24 heavy (non-hydrogen) atoms. The van der Waals surface area contributed by atoms with Gasteiger partial charge in [-0.25, -0.2) is 13.5 Å². The fourth-order valence-corrected chi connectivity index (χ4v) is 2.84. The van der Waals surface area contributed by atoms with Crippen molar-refractivity contribution in [3.8, 4) is 0 Å². The summed E-state index contributed by atoms with van der Waals surface area (Å²) in [6.07, 6.45) is 2.57. The van der Waals surface area contributed by atoms with Crippen LogP contribution in [0.1, 0.15) is 24.6 Å². The van der Waals surface area contributed by atoms with Crippen LogP contribution in [0.15, 0.2) is 29.1 Å². The molecule has 1 amide bonds. The fourth-order valence-electron chi connectivity index (χ4n) is 2.84. The molecular weight excluding hydrogens is 316 g/mol. The molecule has 2 aromatic rings. The van der Waals surface area contributed by atoms with E-state index in [0.29, 0.717) is 12.0 Å². The van der Waals surface area contributed by atoms with Crippen molar-refractivity contribution < 1.29 is 13.6 Å².